The molecule has 0 saturated carbocycles. The number of benzene rings is 1. The maximum atomic E-state index is 5.43. The van der Waals surface area contributed by atoms with Crippen LogP contribution in [0.2, 0.25) is 0 Å². The van der Waals surface area contributed by atoms with Crippen LogP contribution in [0.3, 0.4) is 0 Å². The van der Waals surface area contributed by atoms with Crippen molar-refractivity contribution in [2.24, 2.45) is 4.99 Å². The molecule has 0 amide bonds. The van der Waals surface area contributed by atoms with E-state index in [1.807, 2.05) is 30.1 Å². The Kier molecular flexibility index (Phi) is 7.32. The molecule has 0 fully saturated rings. The molecule has 0 radical (unpaired) electrons. The topological polar surface area (TPSA) is 63.5 Å². The van der Waals surface area contributed by atoms with Crippen LogP contribution in [0.25, 0.3) is 0 Å². The van der Waals surface area contributed by atoms with Crippen LogP contribution in [-0.4, -0.2) is 42.5 Å². The standard InChI is InChI=1S/C19H29N5O/c1-5-20-19(22-10-11-24-14-16(3)13-23-24)21-9-8-17-12-15(2)6-7-18(17)25-4/h6-7,12-14H,5,8-11H2,1-4H3,(H2,20,21,22). The molecule has 2 aromatic rings. The lowest BCUT2D eigenvalue weighted by Crippen LogP contribution is -2.39. The molecular weight excluding hydrogens is 314 g/mol. The minimum Gasteiger partial charge on any atom is -0.496 e. The molecule has 0 unspecified atom stereocenters. The van der Waals surface area contributed by atoms with E-state index >= 15 is 0 Å². The van der Waals surface area contributed by atoms with Crippen molar-refractivity contribution < 1.29 is 4.74 Å². The van der Waals surface area contributed by atoms with Crippen LogP contribution in [0, 0.1) is 13.8 Å². The third-order valence-electron chi connectivity index (χ3n) is 3.83. The van der Waals surface area contributed by atoms with Gasteiger partial charge in [-0.25, -0.2) is 0 Å². The maximum Gasteiger partial charge on any atom is 0.191 e. The second-order valence-corrected chi connectivity index (χ2v) is 6.03. The fourth-order valence-corrected chi connectivity index (χ4v) is 2.61. The van der Waals surface area contributed by atoms with Gasteiger partial charge in [0.1, 0.15) is 5.75 Å². The number of ether oxygens (including phenoxy) is 1. The molecule has 1 aromatic carbocycles. The van der Waals surface area contributed by atoms with Crippen LogP contribution < -0.4 is 15.4 Å². The van der Waals surface area contributed by atoms with Gasteiger partial charge in [0.2, 0.25) is 0 Å². The summed E-state index contributed by atoms with van der Waals surface area (Å²) in [5.41, 5.74) is 3.60. The Morgan fingerprint density at radius 3 is 2.76 bits per heavy atom. The van der Waals surface area contributed by atoms with Crippen LogP contribution >= 0.6 is 0 Å². The maximum absolute atomic E-state index is 5.43. The van der Waals surface area contributed by atoms with Gasteiger partial charge in [0.25, 0.3) is 0 Å². The van der Waals surface area contributed by atoms with Gasteiger partial charge in [0, 0.05) is 25.8 Å². The lowest BCUT2D eigenvalue weighted by atomic mass is 10.1. The molecule has 2 rings (SSSR count). The number of hydrogen-bond acceptors (Lipinski definition) is 3. The van der Waals surface area contributed by atoms with E-state index in [0.717, 1.165) is 37.8 Å². The molecule has 1 heterocycles. The molecule has 0 atom stereocenters. The van der Waals surface area contributed by atoms with E-state index in [-0.39, 0.29) is 0 Å². The Morgan fingerprint density at radius 2 is 2.08 bits per heavy atom. The second kappa shape index (κ2) is 9.71. The number of aromatic nitrogens is 2. The third kappa shape index (κ3) is 6.14. The number of aliphatic imine (C=N–C) groups is 1. The first kappa shape index (κ1) is 18.8. The average molecular weight is 343 g/mol. The summed E-state index contributed by atoms with van der Waals surface area (Å²) in [6, 6.07) is 6.24. The van der Waals surface area contributed by atoms with Gasteiger partial charge in [0.15, 0.2) is 5.96 Å². The number of guanidine groups is 1. The molecule has 0 spiro atoms. The van der Waals surface area contributed by atoms with Crippen molar-refractivity contribution in [2.75, 3.05) is 26.7 Å². The Bertz CT molecular complexity index is 693. The molecule has 25 heavy (non-hydrogen) atoms. The Morgan fingerprint density at radius 1 is 1.24 bits per heavy atom. The van der Waals surface area contributed by atoms with Gasteiger partial charge in [-0.05, 0) is 44.4 Å². The van der Waals surface area contributed by atoms with Gasteiger partial charge < -0.3 is 15.4 Å². The predicted molar refractivity (Wildman–Crippen MR) is 102 cm³/mol. The molecule has 6 heteroatoms. The van der Waals surface area contributed by atoms with Crippen molar-refractivity contribution in [1.29, 1.82) is 0 Å². The molecule has 0 aliphatic heterocycles. The third-order valence-corrected chi connectivity index (χ3v) is 3.83. The lowest BCUT2D eigenvalue weighted by molar-refractivity contribution is 0.409. The van der Waals surface area contributed by atoms with Gasteiger partial charge >= 0.3 is 0 Å². The first-order valence-corrected chi connectivity index (χ1v) is 8.77. The zero-order chi connectivity index (χ0) is 18.1. The number of rotatable bonds is 8. The van der Waals surface area contributed by atoms with Gasteiger partial charge in [-0.1, -0.05) is 17.7 Å². The highest BCUT2D eigenvalue weighted by molar-refractivity contribution is 5.79. The summed E-state index contributed by atoms with van der Waals surface area (Å²) in [6.07, 6.45) is 4.75. The monoisotopic (exact) mass is 343 g/mol. The second-order valence-electron chi connectivity index (χ2n) is 6.03. The zero-order valence-corrected chi connectivity index (χ0v) is 15.7. The number of methoxy groups -OCH3 is 1. The van der Waals surface area contributed by atoms with Crippen molar-refractivity contribution >= 4 is 5.96 Å². The molecule has 0 aliphatic rings. The summed E-state index contributed by atoms with van der Waals surface area (Å²) in [7, 11) is 1.71. The SMILES string of the molecule is CCNC(=NCCc1cc(C)ccc1OC)NCCn1cc(C)cn1. The molecule has 0 saturated heterocycles. The van der Waals surface area contributed by atoms with Crippen LogP contribution in [0.1, 0.15) is 23.6 Å². The summed E-state index contributed by atoms with van der Waals surface area (Å²) < 4.78 is 7.37. The average Bonchev–Trinajstić information content (AvgIpc) is 3.00. The van der Waals surface area contributed by atoms with Crippen molar-refractivity contribution in [1.82, 2.24) is 20.4 Å². The van der Waals surface area contributed by atoms with Gasteiger partial charge in [-0.15, -0.1) is 0 Å². The van der Waals surface area contributed by atoms with Gasteiger partial charge in [-0.3, -0.25) is 9.67 Å². The predicted octanol–water partition coefficient (Wildman–Crippen LogP) is 2.31. The fraction of sp³-hybridized carbons (Fsp3) is 0.474. The highest BCUT2D eigenvalue weighted by atomic mass is 16.5. The van der Waals surface area contributed by atoms with E-state index in [1.54, 1.807) is 7.11 Å². The smallest absolute Gasteiger partial charge is 0.191 e. The summed E-state index contributed by atoms with van der Waals surface area (Å²) >= 11 is 0. The molecule has 136 valence electrons. The largest absolute Gasteiger partial charge is 0.496 e. The van der Waals surface area contributed by atoms with Crippen molar-refractivity contribution in [2.45, 2.75) is 33.7 Å². The summed E-state index contributed by atoms with van der Waals surface area (Å²) in [5.74, 6) is 1.76. The van der Waals surface area contributed by atoms with E-state index in [9.17, 15) is 0 Å². The van der Waals surface area contributed by atoms with E-state index in [2.05, 4.69) is 46.7 Å². The summed E-state index contributed by atoms with van der Waals surface area (Å²) in [4.78, 5) is 4.66. The lowest BCUT2D eigenvalue weighted by Gasteiger charge is -2.12. The van der Waals surface area contributed by atoms with E-state index in [1.165, 1.54) is 16.7 Å². The number of nitrogens with one attached hydrogen (secondary N) is 2. The molecule has 0 bridgehead atoms. The van der Waals surface area contributed by atoms with Crippen molar-refractivity contribution in [3.05, 3.63) is 47.3 Å². The quantitative estimate of drug-likeness (QED) is 0.570. The Balaban J connectivity index is 1.87. The summed E-state index contributed by atoms with van der Waals surface area (Å²) in [6.45, 7) is 9.33. The Hall–Kier alpha value is -2.50. The molecule has 1 aromatic heterocycles. The minimum absolute atomic E-state index is 0.704. The number of aryl methyl sites for hydroxylation is 2. The number of nitrogens with zero attached hydrogens (tertiary/aromatic N) is 3. The van der Waals surface area contributed by atoms with Crippen LogP contribution in [0.5, 0.6) is 5.75 Å². The van der Waals surface area contributed by atoms with Crippen molar-refractivity contribution in [3.8, 4) is 5.75 Å². The molecule has 6 nitrogen and oxygen atoms in total. The van der Waals surface area contributed by atoms with E-state index in [0.29, 0.717) is 6.54 Å². The Labute approximate surface area is 150 Å². The minimum atomic E-state index is 0.704. The van der Waals surface area contributed by atoms with Crippen LogP contribution in [-0.2, 0) is 13.0 Å². The highest BCUT2D eigenvalue weighted by Crippen LogP contribution is 2.20. The number of hydrogen-bond donors (Lipinski definition) is 2. The van der Waals surface area contributed by atoms with Crippen molar-refractivity contribution in [3.63, 3.8) is 0 Å². The summed E-state index contributed by atoms with van der Waals surface area (Å²) in [5, 5.41) is 10.9. The normalized spacial score (nSPS) is 11.4. The molecule has 0 aliphatic carbocycles. The fourth-order valence-electron chi connectivity index (χ4n) is 2.61. The van der Waals surface area contributed by atoms with Crippen LogP contribution in [0.15, 0.2) is 35.6 Å². The van der Waals surface area contributed by atoms with Gasteiger partial charge in [-0.2, -0.15) is 5.10 Å². The van der Waals surface area contributed by atoms with E-state index in [4.69, 9.17) is 4.74 Å². The van der Waals surface area contributed by atoms with Crippen LogP contribution in [0.4, 0.5) is 0 Å². The highest BCUT2D eigenvalue weighted by Gasteiger charge is 2.03. The first-order valence-electron chi connectivity index (χ1n) is 8.77. The van der Waals surface area contributed by atoms with Gasteiger partial charge in [0.05, 0.1) is 19.9 Å². The molecular formula is C19H29N5O. The first-order chi connectivity index (χ1) is 12.1. The van der Waals surface area contributed by atoms with E-state index < -0.39 is 0 Å². The zero-order valence-electron chi connectivity index (χ0n) is 15.7. The molecule has 2 N–H and O–H groups in total.